The van der Waals surface area contributed by atoms with Crippen LogP contribution in [0.2, 0.25) is 0 Å². The fourth-order valence-corrected chi connectivity index (χ4v) is 4.02. The molecule has 0 bridgehead atoms. The van der Waals surface area contributed by atoms with E-state index in [1.165, 1.54) is 23.3 Å². The summed E-state index contributed by atoms with van der Waals surface area (Å²) in [6.07, 6.45) is 6.00. The third-order valence-electron chi connectivity index (χ3n) is 4.88. The van der Waals surface area contributed by atoms with Crippen molar-refractivity contribution in [3.05, 3.63) is 21.4 Å². The summed E-state index contributed by atoms with van der Waals surface area (Å²) in [5.74, 6) is 0.732. The van der Waals surface area contributed by atoms with E-state index in [9.17, 15) is 9.90 Å². The maximum atomic E-state index is 12.3. The average molecular weight is 309 g/mol. The molecule has 1 aromatic heterocycles. The summed E-state index contributed by atoms with van der Waals surface area (Å²) in [6, 6.07) is 2.06. The smallest absolute Gasteiger partial charge is 0.261 e. The number of rotatable bonds is 6. The monoisotopic (exact) mass is 309 g/mol. The second-order valence-electron chi connectivity index (χ2n) is 6.19. The fraction of sp³-hybridized carbons (Fsp3) is 0.706. The normalized spacial score (nSPS) is 18.4. The number of carbonyl (C=O) groups excluding carboxylic acids is 1. The maximum absolute atomic E-state index is 12.3. The van der Waals surface area contributed by atoms with Gasteiger partial charge in [-0.2, -0.15) is 0 Å². The molecule has 3 nitrogen and oxygen atoms in total. The van der Waals surface area contributed by atoms with Crippen molar-refractivity contribution in [2.24, 2.45) is 5.92 Å². The van der Waals surface area contributed by atoms with Gasteiger partial charge in [-0.1, -0.05) is 27.2 Å². The number of fused-ring (bicyclic) bond motifs is 1. The predicted octanol–water partition coefficient (Wildman–Crippen LogP) is 3.54. The zero-order valence-electron chi connectivity index (χ0n) is 13.4. The highest BCUT2D eigenvalue weighted by atomic mass is 32.1. The van der Waals surface area contributed by atoms with Crippen molar-refractivity contribution in [2.75, 3.05) is 6.54 Å². The van der Waals surface area contributed by atoms with Crippen molar-refractivity contribution in [3.8, 4) is 0 Å². The van der Waals surface area contributed by atoms with Gasteiger partial charge in [-0.3, -0.25) is 4.79 Å². The van der Waals surface area contributed by atoms with Gasteiger partial charge < -0.3 is 10.4 Å². The van der Waals surface area contributed by atoms with Crippen LogP contribution in [0, 0.1) is 5.92 Å². The molecule has 1 unspecified atom stereocenters. The molecule has 1 amide bonds. The van der Waals surface area contributed by atoms with Crippen LogP contribution >= 0.6 is 11.3 Å². The predicted molar refractivity (Wildman–Crippen MR) is 88.0 cm³/mol. The second kappa shape index (κ2) is 6.93. The molecule has 1 atom stereocenters. The SMILES string of the molecule is CCC1CCc2sc(C(=O)NCC(O)(CC)CC)cc2C1. The zero-order chi connectivity index (χ0) is 15.5. The number of carbonyl (C=O) groups is 1. The molecule has 118 valence electrons. The fourth-order valence-electron chi connectivity index (χ4n) is 2.89. The molecule has 0 aromatic carbocycles. The molecule has 0 saturated heterocycles. The molecule has 0 spiro atoms. The first kappa shape index (κ1) is 16.5. The molecular weight excluding hydrogens is 282 g/mol. The van der Waals surface area contributed by atoms with E-state index in [4.69, 9.17) is 0 Å². The van der Waals surface area contributed by atoms with Crippen molar-refractivity contribution >= 4 is 17.2 Å². The first-order valence-corrected chi connectivity index (χ1v) is 8.95. The standard InChI is InChI=1S/C17H27NO2S/c1-4-12-7-8-14-13(9-12)10-15(21-14)16(19)18-11-17(20,5-2)6-3/h10,12,20H,4-9,11H2,1-3H3,(H,18,19). The Bertz CT molecular complexity index is 491. The Morgan fingerprint density at radius 3 is 2.76 bits per heavy atom. The topological polar surface area (TPSA) is 49.3 Å². The summed E-state index contributed by atoms with van der Waals surface area (Å²) in [5.41, 5.74) is 0.587. The quantitative estimate of drug-likeness (QED) is 0.844. The summed E-state index contributed by atoms with van der Waals surface area (Å²) in [7, 11) is 0. The largest absolute Gasteiger partial charge is 0.388 e. The van der Waals surface area contributed by atoms with E-state index in [1.54, 1.807) is 11.3 Å². The van der Waals surface area contributed by atoms with Gasteiger partial charge in [0.2, 0.25) is 0 Å². The van der Waals surface area contributed by atoms with E-state index in [1.807, 2.05) is 13.8 Å². The Labute approximate surface area is 131 Å². The highest BCUT2D eigenvalue weighted by Crippen LogP contribution is 2.33. The number of thiophene rings is 1. The molecule has 4 heteroatoms. The summed E-state index contributed by atoms with van der Waals surface area (Å²) < 4.78 is 0. The van der Waals surface area contributed by atoms with Crippen LogP contribution in [0.4, 0.5) is 0 Å². The Hall–Kier alpha value is -0.870. The van der Waals surface area contributed by atoms with Gasteiger partial charge in [-0.25, -0.2) is 0 Å². The van der Waals surface area contributed by atoms with Gasteiger partial charge >= 0.3 is 0 Å². The molecule has 2 rings (SSSR count). The maximum Gasteiger partial charge on any atom is 0.261 e. The molecule has 1 aliphatic rings. The first-order valence-electron chi connectivity index (χ1n) is 8.13. The molecule has 1 aromatic rings. The van der Waals surface area contributed by atoms with Crippen molar-refractivity contribution in [3.63, 3.8) is 0 Å². The van der Waals surface area contributed by atoms with Crippen molar-refractivity contribution in [1.29, 1.82) is 0 Å². The molecule has 0 radical (unpaired) electrons. The first-order chi connectivity index (χ1) is 10.0. The Morgan fingerprint density at radius 2 is 2.14 bits per heavy atom. The van der Waals surface area contributed by atoms with E-state index in [-0.39, 0.29) is 5.91 Å². The van der Waals surface area contributed by atoms with Gasteiger partial charge in [0.1, 0.15) is 0 Å². The number of nitrogens with one attached hydrogen (secondary N) is 1. The lowest BCUT2D eigenvalue weighted by atomic mass is 9.87. The van der Waals surface area contributed by atoms with Gasteiger partial charge in [0.25, 0.3) is 5.91 Å². The minimum absolute atomic E-state index is 0.0391. The van der Waals surface area contributed by atoms with Crippen molar-refractivity contribution in [2.45, 2.75) is 64.9 Å². The van der Waals surface area contributed by atoms with Crippen LogP contribution in [0.25, 0.3) is 0 Å². The Balaban J connectivity index is 2.00. The number of hydrogen-bond donors (Lipinski definition) is 2. The van der Waals surface area contributed by atoms with Gasteiger partial charge in [-0.15, -0.1) is 11.3 Å². The third-order valence-corrected chi connectivity index (χ3v) is 6.12. The van der Waals surface area contributed by atoms with Crippen LogP contribution in [-0.4, -0.2) is 23.2 Å². The van der Waals surface area contributed by atoms with Gasteiger partial charge in [0, 0.05) is 11.4 Å². The highest BCUT2D eigenvalue weighted by Gasteiger charge is 2.25. The molecule has 0 aliphatic heterocycles. The van der Waals surface area contributed by atoms with E-state index in [0.717, 1.165) is 23.6 Å². The van der Waals surface area contributed by atoms with Gasteiger partial charge in [0.15, 0.2) is 0 Å². The van der Waals surface area contributed by atoms with Crippen LogP contribution in [0.5, 0.6) is 0 Å². The molecule has 1 aliphatic carbocycles. The average Bonchev–Trinajstić information content (AvgIpc) is 2.95. The van der Waals surface area contributed by atoms with Crippen molar-refractivity contribution < 1.29 is 9.90 Å². The zero-order valence-corrected chi connectivity index (χ0v) is 14.2. The third kappa shape index (κ3) is 3.86. The van der Waals surface area contributed by atoms with Crippen LogP contribution in [0.1, 0.15) is 66.6 Å². The number of aliphatic hydroxyl groups is 1. The lowest BCUT2D eigenvalue weighted by Gasteiger charge is -2.25. The molecular formula is C17H27NO2S. The number of amides is 1. The van der Waals surface area contributed by atoms with Gasteiger partial charge in [-0.05, 0) is 49.7 Å². The highest BCUT2D eigenvalue weighted by molar-refractivity contribution is 7.14. The molecule has 0 saturated carbocycles. The Kier molecular flexibility index (Phi) is 5.44. The number of aryl methyl sites for hydroxylation is 1. The lowest BCUT2D eigenvalue weighted by molar-refractivity contribution is 0.0314. The number of hydrogen-bond acceptors (Lipinski definition) is 3. The second-order valence-corrected chi connectivity index (χ2v) is 7.33. The minimum Gasteiger partial charge on any atom is -0.388 e. The summed E-state index contributed by atoms with van der Waals surface area (Å²) in [5, 5.41) is 13.1. The van der Waals surface area contributed by atoms with E-state index < -0.39 is 5.60 Å². The van der Waals surface area contributed by atoms with Gasteiger partial charge in [0.05, 0.1) is 10.5 Å². The van der Waals surface area contributed by atoms with E-state index in [2.05, 4.69) is 18.3 Å². The van der Waals surface area contributed by atoms with Crippen LogP contribution in [0.3, 0.4) is 0 Å². The minimum atomic E-state index is -0.778. The Morgan fingerprint density at radius 1 is 1.43 bits per heavy atom. The summed E-state index contributed by atoms with van der Waals surface area (Å²) in [4.78, 5) is 14.5. The van der Waals surface area contributed by atoms with E-state index >= 15 is 0 Å². The molecule has 0 fully saturated rings. The van der Waals surface area contributed by atoms with Crippen molar-refractivity contribution in [1.82, 2.24) is 5.32 Å². The van der Waals surface area contributed by atoms with E-state index in [0.29, 0.717) is 19.4 Å². The van der Waals surface area contributed by atoms with Crippen LogP contribution in [-0.2, 0) is 12.8 Å². The summed E-state index contributed by atoms with van der Waals surface area (Å²) in [6.45, 7) is 6.47. The van der Waals surface area contributed by atoms with Crippen LogP contribution in [0.15, 0.2) is 6.07 Å². The lowest BCUT2D eigenvalue weighted by Crippen LogP contribution is -2.41. The molecule has 2 N–H and O–H groups in total. The molecule has 21 heavy (non-hydrogen) atoms. The molecule has 1 heterocycles. The van der Waals surface area contributed by atoms with Crippen LogP contribution < -0.4 is 5.32 Å². The summed E-state index contributed by atoms with van der Waals surface area (Å²) >= 11 is 1.63.